The van der Waals surface area contributed by atoms with Crippen LogP contribution in [-0.2, 0) is 11.2 Å². The van der Waals surface area contributed by atoms with E-state index < -0.39 is 0 Å². The molecule has 2 aromatic carbocycles. The number of carbonyl (C=O) groups excluding carboxylic acids is 1. The molecule has 0 heterocycles. The lowest BCUT2D eigenvalue weighted by Crippen LogP contribution is -2.42. The van der Waals surface area contributed by atoms with E-state index in [4.69, 9.17) is 9.47 Å². The van der Waals surface area contributed by atoms with Crippen LogP contribution in [0.4, 0.5) is 0 Å². The van der Waals surface area contributed by atoms with Gasteiger partial charge in [-0.3, -0.25) is 4.79 Å². The van der Waals surface area contributed by atoms with Gasteiger partial charge in [0, 0.05) is 5.41 Å². The van der Waals surface area contributed by atoms with Crippen LogP contribution in [0.3, 0.4) is 0 Å². The van der Waals surface area contributed by atoms with Crippen molar-refractivity contribution in [3.63, 3.8) is 0 Å². The summed E-state index contributed by atoms with van der Waals surface area (Å²) in [5, 5.41) is 9.88. The van der Waals surface area contributed by atoms with Crippen molar-refractivity contribution in [3.8, 4) is 17.2 Å². The maximum absolute atomic E-state index is 13.5. The van der Waals surface area contributed by atoms with Gasteiger partial charge >= 0.3 is 0 Å². The van der Waals surface area contributed by atoms with Crippen LogP contribution >= 0.6 is 0 Å². The van der Waals surface area contributed by atoms with E-state index in [1.807, 2.05) is 12.1 Å². The van der Waals surface area contributed by atoms with Crippen molar-refractivity contribution in [2.45, 2.75) is 44.9 Å². The number of hydrogen-bond donors (Lipinski definition) is 1. The Morgan fingerprint density at radius 1 is 1.10 bits per heavy atom. The first-order chi connectivity index (χ1) is 14.9. The number of allylic oxidation sites excluding steroid dienone is 1. The first kappa shape index (κ1) is 20.2. The SMILES string of the molecule is COc1ccc2c(c1)CC[C@@H]1[C@@H]2CC[C@]2(C)C(=O)/C(=C/c3ccc(O)c(OC)c3)C[C@@H]12. The molecule has 0 unspecified atom stereocenters. The van der Waals surface area contributed by atoms with Gasteiger partial charge < -0.3 is 14.6 Å². The fourth-order valence-electron chi connectivity index (χ4n) is 6.47. The van der Waals surface area contributed by atoms with E-state index in [9.17, 15) is 9.90 Å². The number of hydrogen-bond acceptors (Lipinski definition) is 4. The van der Waals surface area contributed by atoms with Crippen LogP contribution < -0.4 is 9.47 Å². The molecule has 3 aliphatic rings. The number of phenols is 1. The molecule has 31 heavy (non-hydrogen) atoms. The highest BCUT2D eigenvalue weighted by atomic mass is 16.5. The van der Waals surface area contributed by atoms with Gasteiger partial charge in [-0.1, -0.05) is 19.1 Å². The lowest BCUT2D eigenvalue weighted by Gasteiger charge is -2.48. The van der Waals surface area contributed by atoms with Crippen LogP contribution in [0.5, 0.6) is 17.2 Å². The van der Waals surface area contributed by atoms with Crippen LogP contribution in [0.2, 0.25) is 0 Å². The van der Waals surface area contributed by atoms with E-state index in [1.165, 1.54) is 11.1 Å². The highest BCUT2D eigenvalue weighted by Gasteiger charge is 2.56. The maximum Gasteiger partial charge on any atom is 0.165 e. The van der Waals surface area contributed by atoms with Gasteiger partial charge in [0.05, 0.1) is 14.2 Å². The Bertz CT molecular complexity index is 1070. The molecular weight excluding hydrogens is 388 g/mol. The van der Waals surface area contributed by atoms with Gasteiger partial charge in [0.25, 0.3) is 0 Å². The summed E-state index contributed by atoms with van der Waals surface area (Å²) in [5.41, 5.74) is 4.44. The average Bonchev–Trinajstić information content (AvgIpc) is 3.04. The second-order valence-electron chi connectivity index (χ2n) is 9.57. The minimum Gasteiger partial charge on any atom is -0.504 e. The summed E-state index contributed by atoms with van der Waals surface area (Å²) in [6, 6.07) is 11.8. The quantitative estimate of drug-likeness (QED) is 0.666. The van der Waals surface area contributed by atoms with E-state index in [2.05, 4.69) is 25.1 Å². The van der Waals surface area contributed by atoms with E-state index >= 15 is 0 Å². The molecular formula is C27H30O4. The van der Waals surface area contributed by atoms with Crippen molar-refractivity contribution >= 4 is 11.9 Å². The van der Waals surface area contributed by atoms with E-state index in [1.54, 1.807) is 26.4 Å². The molecule has 5 rings (SSSR count). The third-order valence-electron chi connectivity index (χ3n) is 8.12. The molecule has 0 radical (unpaired) electrons. The summed E-state index contributed by atoms with van der Waals surface area (Å²) in [7, 11) is 3.26. The predicted octanol–water partition coefficient (Wildman–Crippen LogP) is 5.53. The number of aryl methyl sites for hydroxylation is 1. The summed E-state index contributed by atoms with van der Waals surface area (Å²) in [5.74, 6) is 3.26. The van der Waals surface area contributed by atoms with Crippen molar-refractivity contribution in [3.05, 3.63) is 58.7 Å². The number of carbonyl (C=O) groups is 1. The molecule has 0 amide bonds. The third kappa shape index (κ3) is 3.15. The molecule has 162 valence electrons. The molecule has 0 spiro atoms. The maximum atomic E-state index is 13.5. The molecule has 0 saturated heterocycles. The van der Waals surface area contributed by atoms with Gasteiger partial charge in [0.2, 0.25) is 0 Å². The molecule has 0 aliphatic heterocycles. The van der Waals surface area contributed by atoms with Crippen LogP contribution in [0, 0.1) is 17.3 Å². The summed E-state index contributed by atoms with van der Waals surface area (Å²) < 4.78 is 10.7. The molecule has 4 nitrogen and oxygen atoms in total. The van der Waals surface area contributed by atoms with Gasteiger partial charge in [0.15, 0.2) is 17.3 Å². The minimum atomic E-state index is -0.266. The fraction of sp³-hybridized carbons (Fsp3) is 0.444. The molecule has 2 saturated carbocycles. The van der Waals surface area contributed by atoms with Crippen molar-refractivity contribution in [1.29, 1.82) is 0 Å². The minimum absolute atomic E-state index is 0.114. The molecule has 4 heteroatoms. The van der Waals surface area contributed by atoms with E-state index in [0.717, 1.165) is 49.0 Å². The summed E-state index contributed by atoms with van der Waals surface area (Å²) in [6.45, 7) is 2.19. The van der Waals surface area contributed by atoms with Gasteiger partial charge in [-0.05, 0) is 102 Å². The Kier molecular flexibility index (Phi) is 4.84. The highest BCUT2D eigenvalue weighted by Crippen LogP contribution is 2.61. The number of Topliss-reactive ketones (excluding diaryl/α,β-unsaturated/α-hetero) is 1. The first-order valence-corrected chi connectivity index (χ1v) is 11.2. The molecule has 2 fully saturated rings. The Morgan fingerprint density at radius 3 is 2.71 bits per heavy atom. The topological polar surface area (TPSA) is 55.8 Å². The van der Waals surface area contributed by atoms with Crippen LogP contribution in [0.15, 0.2) is 42.0 Å². The fourth-order valence-corrected chi connectivity index (χ4v) is 6.47. The number of rotatable bonds is 3. The summed E-state index contributed by atoms with van der Waals surface area (Å²) in [6.07, 6.45) is 7.06. The van der Waals surface area contributed by atoms with Crippen LogP contribution in [-0.4, -0.2) is 25.1 Å². The summed E-state index contributed by atoms with van der Waals surface area (Å²) >= 11 is 0. The number of fused-ring (bicyclic) bond motifs is 5. The predicted molar refractivity (Wildman–Crippen MR) is 121 cm³/mol. The molecule has 0 bridgehead atoms. The molecule has 0 aromatic heterocycles. The number of benzene rings is 2. The van der Waals surface area contributed by atoms with Crippen molar-refractivity contribution in [2.75, 3.05) is 14.2 Å². The average molecular weight is 419 g/mol. The van der Waals surface area contributed by atoms with Crippen LogP contribution in [0.25, 0.3) is 6.08 Å². The first-order valence-electron chi connectivity index (χ1n) is 11.2. The van der Waals surface area contributed by atoms with E-state index in [-0.39, 0.29) is 11.2 Å². The van der Waals surface area contributed by atoms with Gasteiger partial charge in [0.1, 0.15) is 5.75 Å². The molecule has 4 atom stereocenters. The number of methoxy groups -OCH3 is 2. The summed E-state index contributed by atoms with van der Waals surface area (Å²) in [4.78, 5) is 13.5. The monoisotopic (exact) mass is 418 g/mol. The Labute approximate surface area is 183 Å². The zero-order valence-corrected chi connectivity index (χ0v) is 18.5. The van der Waals surface area contributed by atoms with Gasteiger partial charge in [-0.25, -0.2) is 0 Å². The van der Waals surface area contributed by atoms with Crippen molar-refractivity contribution in [2.24, 2.45) is 17.3 Å². The number of ether oxygens (including phenoxy) is 2. The number of aromatic hydroxyl groups is 1. The zero-order valence-electron chi connectivity index (χ0n) is 18.5. The second kappa shape index (κ2) is 7.44. The lowest BCUT2D eigenvalue weighted by atomic mass is 9.55. The van der Waals surface area contributed by atoms with Gasteiger partial charge in [-0.2, -0.15) is 0 Å². The van der Waals surface area contributed by atoms with E-state index in [0.29, 0.717) is 29.3 Å². The zero-order chi connectivity index (χ0) is 21.8. The highest BCUT2D eigenvalue weighted by molar-refractivity contribution is 6.06. The van der Waals surface area contributed by atoms with Crippen molar-refractivity contribution in [1.82, 2.24) is 0 Å². The molecule has 1 N–H and O–H groups in total. The Morgan fingerprint density at radius 2 is 1.94 bits per heavy atom. The van der Waals surface area contributed by atoms with Crippen molar-refractivity contribution < 1.29 is 19.4 Å². The van der Waals surface area contributed by atoms with Gasteiger partial charge in [-0.15, -0.1) is 0 Å². The smallest absolute Gasteiger partial charge is 0.165 e. The standard InChI is InChI=1S/C27H30O4/c1-27-11-10-21-20-8-6-19(30-2)14-17(20)5-7-22(21)23(27)15-18(26(27)29)12-16-4-9-24(28)25(13-16)31-3/h4,6,8-9,12-14,21-23,28H,5,7,10-11,15H2,1-3H3/b18-12+/t21-,22-,23+,27+/m1/s1. The second-order valence-corrected chi connectivity index (χ2v) is 9.57. The number of ketones is 1. The molecule has 3 aliphatic carbocycles. The normalized spacial score (nSPS) is 30.5. The third-order valence-corrected chi connectivity index (χ3v) is 8.12. The number of phenolic OH excluding ortho intramolecular Hbond substituents is 1. The lowest BCUT2D eigenvalue weighted by molar-refractivity contribution is -0.127. The Balaban J connectivity index is 1.46. The largest absolute Gasteiger partial charge is 0.504 e. The Hall–Kier alpha value is -2.75. The molecule has 2 aromatic rings. The van der Waals surface area contributed by atoms with Crippen LogP contribution in [0.1, 0.15) is 55.2 Å².